The number of sulfonamides is 1. The second-order valence-electron chi connectivity index (χ2n) is 4.32. The lowest BCUT2D eigenvalue weighted by atomic mass is 10.2. The molecule has 5 nitrogen and oxygen atoms in total. The minimum absolute atomic E-state index is 0.0116. The van der Waals surface area contributed by atoms with Gasteiger partial charge in [-0.15, -0.1) is 0 Å². The Morgan fingerprint density at radius 2 is 1.73 bits per heavy atom. The summed E-state index contributed by atoms with van der Waals surface area (Å²) in [6.45, 7) is 0. The van der Waals surface area contributed by atoms with Crippen LogP contribution in [0.5, 0.6) is 0 Å². The van der Waals surface area contributed by atoms with Crippen molar-refractivity contribution in [1.82, 2.24) is 0 Å². The number of halogens is 1. The molecule has 0 spiro atoms. The lowest BCUT2D eigenvalue weighted by Crippen LogP contribution is -2.14. The molecule has 0 amide bonds. The van der Waals surface area contributed by atoms with Crippen LogP contribution in [0.4, 0.5) is 5.69 Å². The number of aliphatic carboxylic acids is 1. The van der Waals surface area contributed by atoms with Crippen molar-refractivity contribution in [3.05, 3.63) is 65.2 Å². The standard InChI is InChI=1S/C15H12ClNO4S/c16-12-6-8-13(9-7-12)17-22(20,21)14-4-2-1-3-11(14)5-10-15(18)19/h1-10,17H,(H,18,19). The zero-order chi connectivity index (χ0) is 16.2. The van der Waals surface area contributed by atoms with Gasteiger partial charge in [0.15, 0.2) is 0 Å². The summed E-state index contributed by atoms with van der Waals surface area (Å²) < 4.78 is 27.3. The molecule has 0 bridgehead atoms. The molecule has 2 aromatic carbocycles. The summed E-state index contributed by atoms with van der Waals surface area (Å²) in [7, 11) is -3.84. The molecule has 0 aliphatic heterocycles. The molecule has 0 heterocycles. The monoisotopic (exact) mass is 337 g/mol. The zero-order valence-electron chi connectivity index (χ0n) is 11.2. The molecule has 114 valence electrons. The second-order valence-corrected chi connectivity index (χ2v) is 6.41. The SMILES string of the molecule is O=C(O)C=Cc1ccccc1S(=O)(=O)Nc1ccc(Cl)cc1. The Balaban J connectivity index is 2.37. The van der Waals surface area contributed by atoms with E-state index in [-0.39, 0.29) is 10.5 Å². The van der Waals surface area contributed by atoms with E-state index in [2.05, 4.69) is 4.72 Å². The summed E-state index contributed by atoms with van der Waals surface area (Å²) in [5.41, 5.74) is 0.646. The van der Waals surface area contributed by atoms with E-state index in [0.717, 1.165) is 6.08 Å². The first-order valence-electron chi connectivity index (χ1n) is 6.17. The van der Waals surface area contributed by atoms with Crippen LogP contribution in [-0.4, -0.2) is 19.5 Å². The van der Waals surface area contributed by atoms with E-state index in [4.69, 9.17) is 16.7 Å². The predicted octanol–water partition coefficient (Wildman–Crippen LogP) is 3.24. The average Bonchev–Trinajstić information content (AvgIpc) is 2.47. The number of carboxylic acid groups (broad SMARTS) is 1. The van der Waals surface area contributed by atoms with Crippen molar-refractivity contribution in [2.24, 2.45) is 0 Å². The van der Waals surface area contributed by atoms with Crippen LogP contribution in [0.15, 0.2) is 59.5 Å². The molecule has 0 saturated heterocycles. The number of carbonyl (C=O) groups is 1. The fourth-order valence-electron chi connectivity index (χ4n) is 1.75. The van der Waals surface area contributed by atoms with Gasteiger partial charge in [0.05, 0.1) is 4.90 Å². The van der Waals surface area contributed by atoms with Crippen LogP contribution in [0.2, 0.25) is 5.02 Å². The molecule has 7 heteroatoms. The Bertz CT molecular complexity index is 814. The first kappa shape index (κ1) is 16.1. The van der Waals surface area contributed by atoms with Crippen molar-refractivity contribution in [2.75, 3.05) is 4.72 Å². The molecule has 22 heavy (non-hydrogen) atoms. The minimum atomic E-state index is -3.84. The van der Waals surface area contributed by atoms with Crippen LogP contribution in [0.25, 0.3) is 6.08 Å². The number of rotatable bonds is 5. The lowest BCUT2D eigenvalue weighted by Gasteiger charge is -2.10. The lowest BCUT2D eigenvalue weighted by molar-refractivity contribution is -0.131. The molecule has 0 aromatic heterocycles. The van der Waals surface area contributed by atoms with Crippen LogP contribution >= 0.6 is 11.6 Å². The third-order valence-electron chi connectivity index (χ3n) is 2.71. The maximum atomic E-state index is 12.4. The second kappa shape index (κ2) is 6.64. The smallest absolute Gasteiger partial charge is 0.328 e. The highest BCUT2D eigenvalue weighted by atomic mass is 35.5. The Hall–Kier alpha value is -2.31. The normalized spacial score (nSPS) is 11.5. The van der Waals surface area contributed by atoms with Crippen molar-refractivity contribution in [1.29, 1.82) is 0 Å². The van der Waals surface area contributed by atoms with Gasteiger partial charge in [-0.3, -0.25) is 4.72 Å². The fourth-order valence-corrected chi connectivity index (χ4v) is 3.14. The van der Waals surface area contributed by atoms with Crippen molar-refractivity contribution in [2.45, 2.75) is 4.90 Å². The third kappa shape index (κ3) is 4.09. The Morgan fingerprint density at radius 3 is 2.36 bits per heavy atom. The van der Waals surface area contributed by atoms with Gasteiger partial charge in [0.25, 0.3) is 10.0 Å². The molecule has 2 N–H and O–H groups in total. The molecule has 0 aliphatic carbocycles. The van der Waals surface area contributed by atoms with Crippen LogP contribution < -0.4 is 4.72 Å². The van der Waals surface area contributed by atoms with Gasteiger partial charge in [-0.1, -0.05) is 29.8 Å². The maximum absolute atomic E-state index is 12.4. The van der Waals surface area contributed by atoms with Gasteiger partial charge in [0, 0.05) is 16.8 Å². The largest absolute Gasteiger partial charge is 0.478 e. The molecule has 0 unspecified atom stereocenters. The van der Waals surface area contributed by atoms with E-state index in [1.807, 2.05) is 0 Å². The van der Waals surface area contributed by atoms with Crippen molar-refractivity contribution in [3.8, 4) is 0 Å². The summed E-state index contributed by atoms with van der Waals surface area (Å²) >= 11 is 5.75. The number of anilines is 1. The summed E-state index contributed by atoms with van der Waals surface area (Å²) in [5.74, 6) is -1.15. The number of benzene rings is 2. The van der Waals surface area contributed by atoms with Gasteiger partial charge in [0.2, 0.25) is 0 Å². The third-order valence-corrected chi connectivity index (χ3v) is 4.42. The number of hydrogen-bond acceptors (Lipinski definition) is 3. The van der Waals surface area contributed by atoms with Crippen LogP contribution in [0.3, 0.4) is 0 Å². The van der Waals surface area contributed by atoms with Gasteiger partial charge in [-0.2, -0.15) is 0 Å². The highest BCUT2D eigenvalue weighted by Gasteiger charge is 2.17. The van der Waals surface area contributed by atoms with Gasteiger partial charge < -0.3 is 5.11 Å². The van der Waals surface area contributed by atoms with E-state index in [9.17, 15) is 13.2 Å². The first-order valence-corrected chi connectivity index (χ1v) is 8.03. The van der Waals surface area contributed by atoms with Crippen LogP contribution in [0, 0.1) is 0 Å². The number of hydrogen-bond donors (Lipinski definition) is 2. The molecular weight excluding hydrogens is 326 g/mol. The van der Waals surface area contributed by atoms with E-state index < -0.39 is 16.0 Å². The Morgan fingerprint density at radius 1 is 1.09 bits per heavy atom. The topological polar surface area (TPSA) is 83.5 Å². The molecule has 2 aromatic rings. The average molecular weight is 338 g/mol. The van der Waals surface area contributed by atoms with Gasteiger partial charge >= 0.3 is 5.97 Å². The molecule has 0 aliphatic rings. The summed E-state index contributed by atoms with van der Waals surface area (Å²) in [6, 6.07) is 12.3. The molecule has 0 atom stereocenters. The van der Waals surface area contributed by atoms with Gasteiger partial charge in [-0.05, 0) is 42.0 Å². The summed E-state index contributed by atoms with van der Waals surface area (Å²) in [4.78, 5) is 10.6. The van der Waals surface area contributed by atoms with Crippen molar-refractivity contribution >= 4 is 39.4 Å². The minimum Gasteiger partial charge on any atom is -0.478 e. The van der Waals surface area contributed by atoms with E-state index >= 15 is 0 Å². The highest BCUT2D eigenvalue weighted by molar-refractivity contribution is 7.92. The van der Waals surface area contributed by atoms with E-state index in [1.165, 1.54) is 30.3 Å². The van der Waals surface area contributed by atoms with Crippen molar-refractivity contribution in [3.63, 3.8) is 0 Å². The molecule has 0 saturated carbocycles. The summed E-state index contributed by atoms with van der Waals surface area (Å²) in [6.07, 6.45) is 2.12. The Kier molecular flexibility index (Phi) is 4.85. The van der Waals surface area contributed by atoms with Crippen molar-refractivity contribution < 1.29 is 18.3 Å². The van der Waals surface area contributed by atoms with E-state index in [0.29, 0.717) is 10.7 Å². The van der Waals surface area contributed by atoms with Crippen LogP contribution in [-0.2, 0) is 14.8 Å². The molecule has 0 fully saturated rings. The number of nitrogens with one attached hydrogen (secondary N) is 1. The summed E-state index contributed by atoms with van der Waals surface area (Å²) in [5, 5.41) is 9.16. The highest BCUT2D eigenvalue weighted by Crippen LogP contribution is 2.21. The van der Waals surface area contributed by atoms with Crippen LogP contribution in [0.1, 0.15) is 5.56 Å². The molecule has 2 rings (SSSR count). The molecular formula is C15H12ClNO4S. The quantitative estimate of drug-likeness (QED) is 0.820. The van der Waals surface area contributed by atoms with Gasteiger partial charge in [0.1, 0.15) is 0 Å². The first-order chi connectivity index (χ1) is 10.4. The van der Waals surface area contributed by atoms with Gasteiger partial charge in [-0.25, -0.2) is 13.2 Å². The number of carboxylic acids is 1. The maximum Gasteiger partial charge on any atom is 0.328 e. The Labute approximate surface area is 132 Å². The zero-order valence-corrected chi connectivity index (χ0v) is 12.8. The predicted molar refractivity (Wildman–Crippen MR) is 85.4 cm³/mol. The van der Waals surface area contributed by atoms with E-state index in [1.54, 1.807) is 24.3 Å². The fraction of sp³-hybridized carbons (Fsp3) is 0. The molecule has 0 radical (unpaired) electrons.